The van der Waals surface area contributed by atoms with Crippen molar-refractivity contribution < 1.29 is 24.1 Å². The number of benzene rings is 1. The summed E-state index contributed by atoms with van der Waals surface area (Å²) in [5.74, 6) is 0.286. The Morgan fingerprint density at radius 1 is 1.19 bits per heavy atom. The van der Waals surface area contributed by atoms with Crippen LogP contribution < -0.4 is 9.47 Å². The van der Waals surface area contributed by atoms with Gasteiger partial charge < -0.3 is 19.7 Å². The third kappa shape index (κ3) is 2.37. The Kier molecular flexibility index (Phi) is 4.41. The topological polar surface area (TPSA) is 62.2 Å². The number of halogens is 1. The van der Waals surface area contributed by atoms with Gasteiger partial charge in [0.1, 0.15) is 11.9 Å². The third-order valence-electron chi connectivity index (χ3n) is 4.43. The molecule has 0 saturated carbocycles. The minimum Gasteiger partial charge on any atom is -0.493 e. The SMILES string of the molecule is COc1cc([C@@H]2[C@@H](O)[C@H](O)[C@@H](C)N2C)c(F)c(C)c1OC. The van der Waals surface area contributed by atoms with Crippen molar-refractivity contribution in [2.75, 3.05) is 21.3 Å². The molecule has 6 heteroatoms. The number of aliphatic hydroxyl groups is 2. The van der Waals surface area contributed by atoms with Crippen LogP contribution in [0.1, 0.15) is 24.1 Å². The zero-order valence-corrected chi connectivity index (χ0v) is 12.9. The lowest BCUT2D eigenvalue weighted by Gasteiger charge is -2.26. The van der Waals surface area contributed by atoms with Crippen molar-refractivity contribution in [1.82, 2.24) is 4.90 Å². The summed E-state index contributed by atoms with van der Waals surface area (Å²) >= 11 is 0. The van der Waals surface area contributed by atoms with E-state index in [1.807, 2.05) is 0 Å². The number of rotatable bonds is 3. The van der Waals surface area contributed by atoms with Gasteiger partial charge in [0.2, 0.25) is 0 Å². The second-order valence-electron chi connectivity index (χ2n) is 5.47. The minimum atomic E-state index is -1.06. The largest absolute Gasteiger partial charge is 0.493 e. The van der Waals surface area contributed by atoms with Crippen LogP contribution >= 0.6 is 0 Å². The van der Waals surface area contributed by atoms with Crippen molar-refractivity contribution in [1.29, 1.82) is 0 Å². The quantitative estimate of drug-likeness (QED) is 0.879. The fourth-order valence-electron chi connectivity index (χ4n) is 3.00. The predicted molar refractivity (Wildman–Crippen MR) is 76.2 cm³/mol. The van der Waals surface area contributed by atoms with Crippen molar-refractivity contribution in [3.63, 3.8) is 0 Å². The molecule has 2 rings (SSSR count). The summed E-state index contributed by atoms with van der Waals surface area (Å²) in [7, 11) is 4.68. The molecule has 0 radical (unpaired) electrons. The molecule has 1 aromatic rings. The number of aliphatic hydroxyl groups excluding tert-OH is 2. The highest BCUT2D eigenvalue weighted by molar-refractivity contribution is 5.51. The lowest BCUT2D eigenvalue weighted by Crippen LogP contribution is -2.30. The van der Waals surface area contributed by atoms with Crippen LogP contribution in [-0.4, -0.2) is 54.6 Å². The van der Waals surface area contributed by atoms with E-state index in [9.17, 15) is 14.6 Å². The molecule has 21 heavy (non-hydrogen) atoms. The summed E-state index contributed by atoms with van der Waals surface area (Å²) in [6, 6.07) is 0.627. The van der Waals surface area contributed by atoms with Crippen molar-refractivity contribution in [2.45, 2.75) is 38.1 Å². The van der Waals surface area contributed by atoms with Gasteiger partial charge in [-0.15, -0.1) is 0 Å². The fourth-order valence-corrected chi connectivity index (χ4v) is 3.00. The van der Waals surface area contributed by atoms with Gasteiger partial charge in [-0.1, -0.05) is 0 Å². The van der Waals surface area contributed by atoms with E-state index in [0.29, 0.717) is 22.6 Å². The molecule has 5 nitrogen and oxygen atoms in total. The highest BCUT2D eigenvalue weighted by atomic mass is 19.1. The first-order valence-corrected chi connectivity index (χ1v) is 6.84. The van der Waals surface area contributed by atoms with E-state index in [4.69, 9.17) is 9.47 Å². The first-order chi connectivity index (χ1) is 9.84. The number of nitrogens with zero attached hydrogens (tertiary/aromatic N) is 1. The van der Waals surface area contributed by atoms with Crippen LogP contribution in [0.25, 0.3) is 0 Å². The van der Waals surface area contributed by atoms with Gasteiger partial charge in [-0.25, -0.2) is 4.39 Å². The van der Waals surface area contributed by atoms with E-state index in [-0.39, 0.29) is 6.04 Å². The molecule has 2 N–H and O–H groups in total. The summed E-state index contributed by atoms with van der Waals surface area (Å²) in [4.78, 5) is 1.76. The van der Waals surface area contributed by atoms with Crippen LogP contribution in [0.4, 0.5) is 4.39 Å². The molecule has 1 aliphatic rings. The summed E-state index contributed by atoms with van der Waals surface area (Å²) in [6.45, 7) is 3.39. The molecule has 0 aliphatic carbocycles. The highest BCUT2D eigenvalue weighted by Crippen LogP contribution is 2.42. The van der Waals surface area contributed by atoms with Crippen molar-refractivity contribution in [3.05, 3.63) is 23.0 Å². The molecule has 0 amide bonds. The molecule has 118 valence electrons. The Balaban J connectivity index is 2.57. The first-order valence-electron chi connectivity index (χ1n) is 6.84. The Morgan fingerprint density at radius 3 is 2.24 bits per heavy atom. The lowest BCUT2D eigenvalue weighted by molar-refractivity contribution is 0.0295. The summed E-state index contributed by atoms with van der Waals surface area (Å²) in [5, 5.41) is 20.2. The van der Waals surface area contributed by atoms with Crippen molar-refractivity contribution in [3.8, 4) is 11.5 Å². The van der Waals surface area contributed by atoms with Gasteiger partial charge in [0.15, 0.2) is 11.5 Å². The Bertz CT molecular complexity index is 523. The van der Waals surface area contributed by atoms with Crippen LogP contribution in [0.2, 0.25) is 0 Å². The maximum absolute atomic E-state index is 14.7. The molecule has 1 aromatic carbocycles. The molecule has 1 saturated heterocycles. The van der Waals surface area contributed by atoms with Crippen LogP contribution in [-0.2, 0) is 0 Å². The Hall–Kier alpha value is -1.37. The molecule has 0 bridgehead atoms. The van der Waals surface area contributed by atoms with E-state index < -0.39 is 24.1 Å². The normalized spacial score (nSPS) is 29.7. The standard InChI is InChI=1S/C15H22FNO4/c1-7-11(16)9(6-10(20-4)15(7)21-5)12-14(19)13(18)8(2)17(12)3/h6,8,12-14,18-19H,1-5H3/t8-,12-,13-,14-/m1/s1. The maximum atomic E-state index is 14.7. The number of methoxy groups -OCH3 is 2. The van der Waals surface area contributed by atoms with E-state index >= 15 is 0 Å². The number of hydrogen-bond donors (Lipinski definition) is 2. The lowest BCUT2D eigenvalue weighted by atomic mass is 9.97. The van der Waals surface area contributed by atoms with Gasteiger partial charge in [0, 0.05) is 17.2 Å². The minimum absolute atomic E-state index is 0.266. The highest BCUT2D eigenvalue weighted by Gasteiger charge is 2.45. The molecule has 1 aliphatic heterocycles. The summed E-state index contributed by atoms with van der Waals surface area (Å²) in [5.41, 5.74) is 0.616. The molecule has 4 atom stereocenters. The van der Waals surface area contributed by atoms with Crippen LogP contribution in [0.15, 0.2) is 6.07 Å². The fraction of sp³-hybridized carbons (Fsp3) is 0.600. The molecule has 0 unspecified atom stereocenters. The van der Waals surface area contributed by atoms with Gasteiger partial charge in [-0.05, 0) is 27.0 Å². The zero-order chi connectivity index (χ0) is 15.9. The Morgan fingerprint density at radius 2 is 1.81 bits per heavy atom. The molecular weight excluding hydrogens is 277 g/mol. The van der Waals surface area contributed by atoms with Gasteiger partial charge in [0.05, 0.1) is 26.4 Å². The number of ether oxygens (including phenoxy) is 2. The first kappa shape index (κ1) is 16.0. The monoisotopic (exact) mass is 299 g/mol. The molecule has 1 fully saturated rings. The third-order valence-corrected chi connectivity index (χ3v) is 4.43. The second-order valence-corrected chi connectivity index (χ2v) is 5.47. The van der Waals surface area contributed by atoms with Gasteiger partial charge in [0.25, 0.3) is 0 Å². The van der Waals surface area contributed by atoms with Crippen LogP contribution in [0.5, 0.6) is 11.5 Å². The average molecular weight is 299 g/mol. The van der Waals surface area contributed by atoms with Crippen molar-refractivity contribution >= 4 is 0 Å². The Labute approximate surface area is 123 Å². The zero-order valence-electron chi connectivity index (χ0n) is 12.9. The number of likely N-dealkylation sites (tertiary alicyclic amines) is 1. The molecule has 1 heterocycles. The second kappa shape index (κ2) is 5.79. The summed E-state index contributed by atoms with van der Waals surface area (Å²) in [6.07, 6.45) is -1.98. The van der Waals surface area contributed by atoms with Gasteiger partial charge in [-0.2, -0.15) is 0 Å². The number of likely N-dealkylation sites (N-methyl/N-ethyl adjacent to an activating group) is 1. The maximum Gasteiger partial charge on any atom is 0.166 e. The van der Waals surface area contributed by atoms with Crippen LogP contribution in [0.3, 0.4) is 0 Å². The van der Waals surface area contributed by atoms with Gasteiger partial charge >= 0.3 is 0 Å². The van der Waals surface area contributed by atoms with Gasteiger partial charge in [-0.3, -0.25) is 4.90 Å². The molecule has 0 aromatic heterocycles. The molecule has 0 spiro atoms. The predicted octanol–water partition coefficient (Wildman–Crippen LogP) is 1.25. The van der Waals surface area contributed by atoms with E-state index in [1.54, 1.807) is 25.8 Å². The van der Waals surface area contributed by atoms with E-state index in [0.717, 1.165) is 0 Å². The average Bonchev–Trinajstić information content (AvgIpc) is 2.66. The van der Waals surface area contributed by atoms with Crippen molar-refractivity contribution in [2.24, 2.45) is 0 Å². The van der Waals surface area contributed by atoms with E-state index in [1.165, 1.54) is 20.3 Å². The smallest absolute Gasteiger partial charge is 0.166 e. The number of hydrogen-bond acceptors (Lipinski definition) is 5. The van der Waals surface area contributed by atoms with E-state index in [2.05, 4.69) is 0 Å². The van der Waals surface area contributed by atoms with Crippen LogP contribution in [0, 0.1) is 12.7 Å². The summed E-state index contributed by atoms with van der Waals surface area (Å²) < 4.78 is 25.1. The molecular formula is C15H22FNO4.